The molecule has 0 radical (unpaired) electrons. The van der Waals surface area contributed by atoms with Gasteiger partial charge in [0.2, 0.25) is 5.91 Å². The summed E-state index contributed by atoms with van der Waals surface area (Å²) in [5.41, 5.74) is 5.89. The van der Waals surface area contributed by atoms with Gasteiger partial charge in [-0.3, -0.25) is 9.59 Å². The van der Waals surface area contributed by atoms with Crippen LogP contribution in [0.1, 0.15) is 83.5 Å². The number of aliphatic hydroxyl groups is 1. The maximum Gasteiger partial charge on any atom is 0.336 e. The Hall–Kier alpha value is -4.48. The SMILES string of the molecule is O=C(O)CCCCCC(=O)NCc1cccc(-c2ccc(C3OC(CSc4ccccc4C(=O)O)CC(c4ccc(CO)cc4)O3)cc2)c1. The van der Waals surface area contributed by atoms with Crippen molar-refractivity contribution in [3.8, 4) is 11.1 Å². The van der Waals surface area contributed by atoms with Crippen LogP contribution in [0, 0.1) is 0 Å². The highest BCUT2D eigenvalue weighted by Gasteiger charge is 2.32. The van der Waals surface area contributed by atoms with Crippen LogP contribution < -0.4 is 5.32 Å². The lowest BCUT2D eigenvalue weighted by Crippen LogP contribution is -2.31. The number of hydrogen-bond acceptors (Lipinski definition) is 7. The molecule has 0 bridgehead atoms. The Bertz CT molecular complexity index is 1710. The zero-order valence-corrected chi connectivity index (χ0v) is 27.9. The lowest BCUT2D eigenvalue weighted by molar-refractivity contribution is -0.245. The zero-order valence-electron chi connectivity index (χ0n) is 27.1. The second-order valence-corrected chi connectivity index (χ2v) is 13.1. The minimum Gasteiger partial charge on any atom is -0.481 e. The van der Waals surface area contributed by atoms with E-state index in [2.05, 4.69) is 5.32 Å². The van der Waals surface area contributed by atoms with Crippen LogP contribution in [0.2, 0.25) is 0 Å². The fourth-order valence-corrected chi connectivity index (χ4v) is 6.76. The van der Waals surface area contributed by atoms with Crippen LogP contribution in [0.4, 0.5) is 0 Å². The van der Waals surface area contributed by atoms with Crippen LogP contribution in [0.5, 0.6) is 0 Å². The van der Waals surface area contributed by atoms with Gasteiger partial charge in [0, 0.05) is 42.0 Å². The zero-order chi connectivity index (χ0) is 34.6. The molecule has 1 aliphatic heterocycles. The van der Waals surface area contributed by atoms with Crippen molar-refractivity contribution in [2.75, 3.05) is 5.75 Å². The molecule has 3 atom stereocenters. The van der Waals surface area contributed by atoms with Crippen molar-refractivity contribution in [3.05, 3.63) is 125 Å². The van der Waals surface area contributed by atoms with Crippen LogP contribution in [-0.4, -0.2) is 45.0 Å². The summed E-state index contributed by atoms with van der Waals surface area (Å²) in [6, 6.07) is 30.7. The molecule has 0 aromatic heterocycles. The normalized spacial score (nSPS) is 17.4. The van der Waals surface area contributed by atoms with Gasteiger partial charge in [0.25, 0.3) is 0 Å². The molecule has 1 aliphatic rings. The molecule has 4 aromatic carbocycles. The summed E-state index contributed by atoms with van der Waals surface area (Å²) in [5.74, 6) is -1.29. The number of thioether (sulfide) groups is 1. The van der Waals surface area contributed by atoms with Gasteiger partial charge in [0.1, 0.15) is 0 Å². The molecule has 256 valence electrons. The number of carbonyl (C=O) groups is 3. The van der Waals surface area contributed by atoms with Gasteiger partial charge in [-0.05, 0) is 58.9 Å². The van der Waals surface area contributed by atoms with Gasteiger partial charge in [0.05, 0.1) is 24.4 Å². The van der Waals surface area contributed by atoms with Gasteiger partial charge in [0.15, 0.2) is 6.29 Å². The average Bonchev–Trinajstić information content (AvgIpc) is 3.13. The number of carbonyl (C=O) groups excluding carboxylic acids is 1. The third-order valence-electron chi connectivity index (χ3n) is 8.38. The summed E-state index contributed by atoms with van der Waals surface area (Å²) in [4.78, 5) is 35.4. The predicted octanol–water partition coefficient (Wildman–Crippen LogP) is 7.53. The number of rotatable bonds is 16. The Morgan fingerprint density at radius 1 is 0.755 bits per heavy atom. The summed E-state index contributed by atoms with van der Waals surface area (Å²) in [6.45, 7) is 0.363. The predicted molar refractivity (Wildman–Crippen MR) is 187 cm³/mol. The number of carboxylic acid groups (broad SMARTS) is 2. The minimum atomic E-state index is -0.965. The Morgan fingerprint density at radius 2 is 1.49 bits per heavy atom. The lowest BCUT2D eigenvalue weighted by Gasteiger charge is -2.36. The molecule has 1 heterocycles. The first-order chi connectivity index (χ1) is 23.8. The molecule has 9 nitrogen and oxygen atoms in total. The van der Waals surface area contributed by atoms with E-state index in [0.29, 0.717) is 49.3 Å². The molecule has 1 amide bonds. The molecule has 4 N–H and O–H groups in total. The summed E-state index contributed by atoms with van der Waals surface area (Å²) in [7, 11) is 0. The van der Waals surface area contributed by atoms with E-state index in [-0.39, 0.29) is 36.7 Å². The smallest absolute Gasteiger partial charge is 0.336 e. The van der Waals surface area contributed by atoms with Gasteiger partial charge in [-0.2, -0.15) is 0 Å². The maximum absolute atomic E-state index is 12.3. The first kappa shape index (κ1) is 35.8. The second-order valence-electron chi connectivity index (χ2n) is 12.0. The van der Waals surface area contributed by atoms with E-state index in [1.54, 1.807) is 12.1 Å². The molecule has 10 heteroatoms. The highest BCUT2D eigenvalue weighted by Crippen LogP contribution is 2.40. The summed E-state index contributed by atoms with van der Waals surface area (Å²) in [6.07, 6.45) is 1.91. The van der Waals surface area contributed by atoms with Gasteiger partial charge >= 0.3 is 11.9 Å². The number of hydrogen-bond donors (Lipinski definition) is 4. The van der Waals surface area contributed by atoms with Crippen molar-refractivity contribution >= 4 is 29.6 Å². The number of aliphatic carboxylic acids is 1. The second kappa shape index (κ2) is 17.8. The number of aromatic carboxylic acids is 1. The molecule has 3 unspecified atom stereocenters. The number of carboxylic acids is 2. The summed E-state index contributed by atoms with van der Waals surface area (Å²) >= 11 is 1.46. The monoisotopic (exact) mass is 683 g/mol. The van der Waals surface area contributed by atoms with Gasteiger partial charge in [-0.25, -0.2) is 4.79 Å². The Labute approximate surface area is 290 Å². The molecular weight excluding hydrogens is 642 g/mol. The van der Waals surface area contributed by atoms with E-state index in [4.69, 9.17) is 14.6 Å². The molecule has 4 aromatic rings. The number of ether oxygens (including phenoxy) is 2. The van der Waals surface area contributed by atoms with Gasteiger partial charge in [-0.1, -0.05) is 85.3 Å². The third-order valence-corrected chi connectivity index (χ3v) is 9.59. The third kappa shape index (κ3) is 10.5. The summed E-state index contributed by atoms with van der Waals surface area (Å²) in [5, 5.41) is 30.8. The highest BCUT2D eigenvalue weighted by atomic mass is 32.2. The lowest BCUT2D eigenvalue weighted by atomic mass is 9.99. The fourth-order valence-electron chi connectivity index (χ4n) is 5.70. The van der Waals surface area contributed by atoms with E-state index < -0.39 is 18.2 Å². The van der Waals surface area contributed by atoms with Crippen molar-refractivity contribution < 1.29 is 39.2 Å². The van der Waals surface area contributed by atoms with Crippen LogP contribution in [-0.2, 0) is 32.2 Å². The Morgan fingerprint density at radius 3 is 2.22 bits per heavy atom. The van der Waals surface area contributed by atoms with Crippen LogP contribution in [0.3, 0.4) is 0 Å². The largest absolute Gasteiger partial charge is 0.481 e. The number of aliphatic hydroxyl groups excluding tert-OH is 1. The van der Waals surface area contributed by atoms with E-state index >= 15 is 0 Å². The number of benzene rings is 4. The first-order valence-electron chi connectivity index (χ1n) is 16.4. The Kier molecular flexibility index (Phi) is 13.0. The topological polar surface area (TPSA) is 142 Å². The van der Waals surface area contributed by atoms with Crippen molar-refractivity contribution in [3.63, 3.8) is 0 Å². The van der Waals surface area contributed by atoms with E-state index in [9.17, 15) is 24.6 Å². The van der Waals surface area contributed by atoms with Crippen LogP contribution in [0.25, 0.3) is 11.1 Å². The van der Waals surface area contributed by atoms with Crippen molar-refractivity contribution in [1.82, 2.24) is 5.32 Å². The molecule has 49 heavy (non-hydrogen) atoms. The molecule has 1 saturated heterocycles. The molecule has 0 saturated carbocycles. The summed E-state index contributed by atoms with van der Waals surface area (Å²) < 4.78 is 13.0. The average molecular weight is 684 g/mol. The first-order valence-corrected chi connectivity index (χ1v) is 17.4. The number of unbranched alkanes of at least 4 members (excludes halogenated alkanes) is 2. The van der Waals surface area contributed by atoms with Crippen LogP contribution in [0.15, 0.2) is 102 Å². The number of nitrogens with one attached hydrogen (secondary N) is 1. The van der Waals surface area contributed by atoms with E-state index in [0.717, 1.165) is 33.4 Å². The molecule has 0 spiro atoms. The molecule has 5 rings (SSSR count). The van der Waals surface area contributed by atoms with E-state index in [1.807, 2.05) is 84.9 Å². The quantitative estimate of drug-likeness (QED) is 0.0696. The van der Waals surface area contributed by atoms with E-state index in [1.165, 1.54) is 11.8 Å². The standard InChI is InChI=1S/C39H41NO8S/c41-24-26-13-15-29(16-14-26)34-22-32(25-49-35-10-5-4-9-33(35)38(45)46)47-39(48-34)30-19-17-28(18-20-30)31-8-6-7-27(21-31)23-40-36(42)11-2-1-3-12-37(43)44/h4-10,13-21,32,34,39,41H,1-3,11-12,22-25H2,(H,40,42)(H,43,44)(H,45,46). The van der Waals surface area contributed by atoms with Crippen molar-refractivity contribution in [2.45, 2.75) is 75.1 Å². The van der Waals surface area contributed by atoms with Crippen molar-refractivity contribution in [2.24, 2.45) is 0 Å². The highest BCUT2D eigenvalue weighted by molar-refractivity contribution is 7.99. The molecule has 1 fully saturated rings. The van der Waals surface area contributed by atoms with Gasteiger partial charge < -0.3 is 30.1 Å². The number of amides is 1. The minimum absolute atomic E-state index is 0.0404. The maximum atomic E-state index is 12.3. The fraction of sp³-hybridized carbons (Fsp3) is 0.308. The van der Waals surface area contributed by atoms with Crippen LogP contribution >= 0.6 is 11.8 Å². The van der Waals surface area contributed by atoms with Crippen molar-refractivity contribution in [1.29, 1.82) is 0 Å². The van der Waals surface area contributed by atoms with Gasteiger partial charge in [-0.15, -0.1) is 11.8 Å². The molecular formula is C39H41NO8S. The molecule has 0 aliphatic carbocycles. The Balaban J connectivity index is 1.24.